The molecule has 4 aliphatic rings. The van der Waals surface area contributed by atoms with E-state index in [4.69, 9.17) is 5.11 Å². The Balaban J connectivity index is 1.43. The predicted octanol–water partition coefficient (Wildman–Crippen LogP) is 2.67. The van der Waals surface area contributed by atoms with Gasteiger partial charge in [-0.3, -0.25) is 9.80 Å². The van der Waals surface area contributed by atoms with Crippen molar-refractivity contribution < 1.29 is 14.3 Å². The number of rotatable bonds is 3. The fourth-order valence-corrected chi connectivity index (χ4v) is 5.03. The van der Waals surface area contributed by atoms with Gasteiger partial charge in [0, 0.05) is 44.8 Å². The Hall–Kier alpha value is -1.66. The van der Waals surface area contributed by atoms with Crippen molar-refractivity contribution in [3.63, 3.8) is 0 Å². The lowest BCUT2D eigenvalue weighted by molar-refractivity contribution is -0.00440. The van der Waals surface area contributed by atoms with Gasteiger partial charge in [0.1, 0.15) is 6.17 Å². The molecule has 4 atom stereocenters. The highest BCUT2D eigenvalue weighted by atomic mass is 19.1. The zero-order chi connectivity index (χ0) is 18.1. The average molecular weight is 361 g/mol. The molecule has 0 radical (unpaired) electrons. The Morgan fingerprint density at radius 3 is 2.62 bits per heavy atom. The summed E-state index contributed by atoms with van der Waals surface area (Å²) in [6.07, 6.45) is 0.869. The minimum absolute atomic E-state index is 0.0155. The summed E-state index contributed by atoms with van der Waals surface area (Å²) < 4.78 is 14.8. The first-order valence-electron chi connectivity index (χ1n) is 9.74. The van der Waals surface area contributed by atoms with Crippen molar-refractivity contribution in [1.82, 2.24) is 14.7 Å². The number of likely N-dealkylation sites (tertiary alicyclic amines) is 1. The van der Waals surface area contributed by atoms with Crippen LogP contribution in [0.15, 0.2) is 30.3 Å². The average Bonchev–Trinajstić information content (AvgIpc) is 2.93. The number of piperidine rings is 2. The van der Waals surface area contributed by atoms with E-state index in [1.54, 1.807) is 0 Å². The van der Waals surface area contributed by atoms with E-state index in [9.17, 15) is 9.18 Å². The van der Waals surface area contributed by atoms with Crippen LogP contribution in [0.3, 0.4) is 0 Å². The molecule has 6 heteroatoms. The Kier molecular flexibility index (Phi) is 5.14. The molecule has 0 saturated carbocycles. The van der Waals surface area contributed by atoms with Gasteiger partial charge in [0.25, 0.3) is 0 Å². The monoisotopic (exact) mass is 361 g/mol. The summed E-state index contributed by atoms with van der Waals surface area (Å²) in [6.45, 7) is 4.43. The lowest BCUT2D eigenvalue weighted by Gasteiger charge is -2.46. The highest BCUT2D eigenvalue weighted by Gasteiger charge is 2.43. The fourth-order valence-electron chi connectivity index (χ4n) is 5.03. The highest BCUT2D eigenvalue weighted by molar-refractivity contribution is 5.65. The molecule has 26 heavy (non-hydrogen) atoms. The Morgan fingerprint density at radius 2 is 1.88 bits per heavy atom. The summed E-state index contributed by atoms with van der Waals surface area (Å²) in [5, 5.41) is 9.12. The largest absolute Gasteiger partial charge is 0.465 e. The van der Waals surface area contributed by atoms with Crippen LogP contribution in [0.1, 0.15) is 24.8 Å². The number of amides is 1. The van der Waals surface area contributed by atoms with Gasteiger partial charge in [0.2, 0.25) is 0 Å². The summed E-state index contributed by atoms with van der Waals surface area (Å²) in [5.41, 5.74) is 1.33. The van der Waals surface area contributed by atoms with Crippen molar-refractivity contribution in [1.29, 1.82) is 0 Å². The second-order valence-corrected chi connectivity index (χ2v) is 8.07. The third kappa shape index (κ3) is 3.71. The summed E-state index contributed by atoms with van der Waals surface area (Å²) in [7, 11) is 0. The van der Waals surface area contributed by atoms with Gasteiger partial charge in [-0.05, 0) is 30.7 Å². The number of nitrogens with zero attached hydrogens (tertiary/aromatic N) is 3. The van der Waals surface area contributed by atoms with Crippen LogP contribution >= 0.6 is 0 Å². The highest BCUT2D eigenvalue weighted by Crippen LogP contribution is 2.33. The molecular weight excluding hydrogens is 333 g/mol. The molecule has 4 saturated heterocycles. The van der Waals surface area contributed by atoms with Crippen LogP contribution in [-0.4, -0.2) is 76.9 Å². The second kappa shape index (κ2) is 7.53. The molecule has 0 aliphatic carbocycles. The molecule has 0 aromatic heterocycles. The molecule has 0 spiro atoms. The normalized spacial score (nSPS) is 33.2. The van der Waals surface area contributed by atoms with E-state index in [1.165, 1.54) is 16.9 Å². The van der Waals surface area contributed by atoms with E-state index in [2.05, 4.69) is 34.1 Å². The molecule has 4 fully saturated rings. The molecule has 5 nitrogen and oxygen atoms in total. The molecule has 1 aromatic rings. The van der Waals surface area contributed by atoms with Gasteiger partial charge < -0.3 is 10.0 Å². The van der Waals surface area contributed by atoms with Gasteiger partial charge in [-0.1, -0.05) is 30.3 Å². The number of carboxylic acid groups (broad SMARTS) is 1. The molecule has 4 heterocycles. The third-order valence-electron chi connectivity index (χ3n) is 6.28. The minimum atomic E-state index is -1.08. The number of alkyl halides is 1. The van der Waals surface area contributed by atoms with E-state index < -0.39 is 12.3 Å². The molecule has 4 aliphatic heterocycles. The summed E-state index contributed by atoms with van der Waals surface area (Å²) >= 11 is 0. The third-order valence-corrected chi connectivity index (χ3v) is 6.28. The zero-order valence-corrected chi connectivity index (χ0v) is 15.1. The molecule has 5 rings (SSSR count). The molecular formula is C20H28FN3O2. The van der Waals surface area contributed by atoms with Crippen molar-refractivity contribution in [3.8, 4) is 0 Å². The maximum absolute atomic E-state index is 14.8. The minimum Gasteiger partial charge on any atom is -0.465 e. The zero-order valence-electron chi connectivity index (χ0n) is 15.1. The van der Waals surface area contributed by atoms with Gasteiger partial charge in [0.05, 0.1) is 6.54 Å². The second-order valence-electron chi connectivity index (χ2n) is 8.07. The van der Waals surface area contributed by atoms with Crippen LogP contribution in [0.2, 0.25) is 0 Å². The van der Waals surface area contributed by atoms with Crippen molar-refractivity contribution in [2.45, 2.75) is 44.1 Å². The topological polar surface area (TPSA) is 47.0 Å². The van der Waals surface area contributed by atoms with Crippen LogP contribution < -0.4 is 0 Å². The SMILES string of the molecule is O=C(O)N1CCC(N2CC3CCC2CN(Cc2ccccc2)C3)C(F)C1. The molecule has 1 N–H and O–H groups in total. The van der Waals surface area contributed by atoms with E-state index >= 15 is 0 Å². The van der Waals surface area contributed by atoms with Crippen molar-refractivity contribution in [2.24, 2.45) is 5.92 Å². The molecule has 1 aromatic carbocycles. The Morgan fingerprint density at radius 1 is 1.08 bits per heavy atom. The number of hydrogen-bond acceptors (Lipinski definition) is 3. The quantitative estimate of drug-likeness (QED) is 0.899. The van der Waals surface area contributed by atoms with Gasteiger partial charge >= 0.3 is 6.09 Å². The summed E-state index contributed by atoms with van der Waals surface area (Å²) in [6, 6.07) is 10.8. The lowest BCUT2D eigenvalue weighted by atomic mass is 9.90. The van der Waals surface area contributed by atoms with Gasteiger partial charge in [-0.15, -0.1) is 0 Å². The van der Waals surface area contributed by atoms with Crippen molar-refractivity contribution in [3.05, 3.63) is 35.9 Å². The maximum Gasteiger partial charge on any atom is 0.407 e. The Labute approximate surface area is 154 Å². The fraction of sp³-hybridized carbons (Fsp3) is 0.650. The van der Waals surface area contributed by atoms with Gasteiger partial charge in [0.15, 0.2) is 0 Å². The van der Waals surface area contributed by atoms with Crippen molar-refractivity contribution in [2.75, 3.05) is 32.7 Å². The number of carbonyl (C=O) groups is 1. The first kappa shape index (κ1) is 17.7. The molecule has 4 unspecified atom stereocenters. The predicted molar refractivity (Wildman–Crippen MR) is 97.8 cm³/mol. The molecule has 142 valence electrons. The lowest BCUT2D eigenvalue weighted by Crippen LogP contribution is -2.58. The summed E-state index contributed by atoms with van der Waals surface area (Å²) in [5.74, 6) is 0.585. The van der Waals surface area contributed by atoms with Crippen LogP contribution in [0.4, 0.5) is 9.18 Å². The first-order chi connectivity index (χ1) is 12.6. The van der Waals surface area contributed by atoms with Crippen molar-refractivity contribution >= 4 is 6.09 Å². The number of fused-ring (bicyclic) bond motifs is 4. The van der Waals surface area contributed by atoms with E-state index in [0.717, 1.165) is 32.6 Å². The number of hydrogen-bond donors (Lipinski definition) is 1. The maximum atomic E-state index is 14.8. The van der Waals surface area contributed by atoms with Crippen LogP contribution in [0, 0.1) is 5.92 Å². The number of halogens is 1. The molecule has 2 bridgehead atoms. The van der Waals surface area contributed by atoms with Gasteiger partial charge in [-0.2, -0.15) is 0 Å². The van der Waals surface area contributed by atoms with E-state index in [-0.39, 0.29) is 12.6 Å². The van der Waals surface area contributed by atoms with Gasteiger partial charge in [-0.25, -0.2) is 9.18 Å². The Bertz CT molecular complexity index is 629. The van der Waals surface area contributed by atoms with E-state index in [1.807, 2.05) is 6.07 Å². The van der Waals surface area contributed by atoms with Crippen LogP contribution in [0.5, 0.6) is 0 Å². The number of benzene rings is 1. The van der Waals surface area contributed by atoms with Crippen LogP contribution in [-0.2, 0) is 6.54 Å². The van der Waals surface area contributed by atoms with Crippen LogP contribution in [0.25, 0.3) is 0 Å². The summed E-state index contributed by atoms with van der Waals surface area (Å²) in [4.78, 5) is 17.2. The van der Waals surface area contributed by atoms with E-state index in [0.29, 0.717) is 24.9 Å². The molecule has 1 amide bonds. The standard InChI is InChI=1S/C20H28FN3O2/c21-18-14-23(20(25)26)9-8-19(18)24-12-16-6-7-17(24)13-22(11-16)10-15-4-2-1-3-5-15/h1-5,16-19H,6-14H2,(H,25,26). The smallest absolute Gasteiger partial charge is 0.407 e. The first-order valence-corrected chi connectivity index (χ1v) is 9.74.